The van der Waals surface area contributed by atoms with Crippen LogP contribution in [0.15, 0.2) is 18.3 Å². The first kappa shape index (κ1) is 18.6. The van der Waals surface area contributed by atoms with Crippen molar-refractivity contribution in [3.05, 3.63) is 23.9 Å². The molecular formula is C19H27N3O4. The first-order chi connectivity index (χ1) is 12.5. The van der Waals surface area contributed by atoms with E-state index in [-0.39, 0.29) is 11.3 Å². The van der Waals surface area contributed by atoms with E-state index in [1.807, 2.05) is 4.90 Å². The molecule has 2 aliphatic rings. The molecule has 0 bridgehead atoms. The van der Waals surface area contributed by atoms with Crippen LogP contribution in [-0.2, 0) is 4.79 Å². The van der Waals surface area contributed by atoms with Crippen molar-refractivity contribution >= 4 is 11.9 Å². The summed E-state index contributed by atoms with van der Waals surface area (Å²) >= 11 is 0. The Morgan fingerprint density at radius 1 is 1.38 bits per heavy atom. The number of carboxylic acids is 1. The van der Waals surface area contributed by atoms with Gasteiger partial charge in [0.1, 0.15) is 11.6 Å². The maximum Gasteiger partial charge on any atom is 0.320 e. The second-order valence-electron chi connectivity index (χ2n) is 7.38. The number of carbonyl (C=O) groups excluding carboxylic acids is 1. The number of hydrogen-bond donors (Lipinski definition) is 1. The third-order valence-corrected chi connectivity index (χ3v) is 5.71. The molecule has 1 N–H and O–H groups in total. The largest absolute Gasteiger partial charge is 0.480 e. The Morgan fingerprint density at radius 3 is 2.73 bits per heavy atom. The number of aromatic nitrogens is 1. The summed E-state index contributed by atoms with van der Waals surface area (Å²) in [6.45, 7) is 4.99. The Morgan fingerprint density at radius 2 is 2.12 bits per heavy atom. The van der Waals surface area contributed by atoms with Crippen molar-refractivity contribution < 1.29 is 19.4 Å². The molecule has 0 saturated carbocycles. The zero-order chi connectivity index (χ0) is 18.7. The van der Waals surface area contributed by atoms with Gasteiger partial charge in [-0.2, -0.15) is 0 Å². The van der Waals surface area contributed by atoms with Crippen LogP contribution in [0.1, 0.15) is 43.0 Å². The predicted octanol–water partition coefficient (Wildman–Crippen LogP) is 1.88. The average Bonchev–Trinajstić information content (AvgIpc) is 3.00. The van der Waals surface area contributed by atoms with E-state index in [1.165, 1.54) is 7.11 Å². The lowest BCUT2D eigenvalue weighted by atomic mass is 9.76. The minimum atomic E-state index is -0.728. The Bertz CT molecular complexity index is 671. The fraction of sp³-hybridized carbons (Fsp3) is 0.632. The SMILES string of the molecule is CCCN1CC2(CCN(C(=O)c3cccnc3OC)CC2)CC1C(=O)O. The molecule has 7 nitrogen and oxygen atoms in total. The molecule has 7 heteroatoms. The summed E-state index contributed by atoms with van der Waals surface area (Å²) in [4.78, 5) is 32.5. The fourth-order valence-corrected chi connectivity index (χ4v) is 4.34. The van der Waals surface area contributed by atoms with Crippen LogP contribution >= 0.6 is 0 Å². The number of hydrogen-bond acceptors (Lipinski definition) is 5. The van der Waals surface area contributed by atoms with E-state index in [0.717, 1.165) is 32.4 Å². The number of carbonyl (C=O) groups is 2. The highest BCUT2D eigenvalue weighted by Crippen LogP contribution is 2.43. The van der Waals surface area contributed by atoms with Gasteiger partial charge in [0.2, 0.25) is 5.88 Å². The third kappa shape index (κ3) is 3.53. The lowest BCUT2D eigenvalue weighted by Gasteiger charge is -2.39. The maximum atomic E-state index is 12.8. The van der Waals surface area contributed by atoms with E-state index in [0.29, 0.717) is 31.0 Å². The van der Waals surface area contributed by atoms with E-state index >= 15 is 0 Å². The second-order valence-corrected chi connectivity index (χ2v) is 7.38. The standard InChI is InChI=1S/C19H27N3O4/c1-3-9-22-13-19(12-15(22)18(24)25)6-10-21(11-7-19)17(23)14-5-4-8-20-16(14)26-2/h4-5,8,15H,3,6-7,9-13H2,1-2H3,(H,24,25). The number of nitrogens with zero attached hydrogens (tertiary/aromatic N) is 3. The van der Waals surface area contributed by atoms with Gasteiger partial charge in [-0.1, -0.05) is 6.92 Å². The molecule has 0 aliphatic carbocycles. The van der Waals surface area contributed by atoms with E-state index in [9.17, 15) is 14.7 Å². The predicted molar refractivity (Wildman–Crippen MR) is 96.3 cm³/mol. The normalized spacial score (nSPS) is 22.5. The van der Waals surface area contributed by atoms with Gasteiger partial charge in [-0.25, -0.2) is 4.98 Å². The minimum Gasteiger partial charge on any atom is -0.480 e. The van der Waals surface area contributed by atoms with Gasteiger partial charge >= 0.3 is 5.97 Å². The summed E-state index contributed by atoms with van der Waals surface area (Å²) in [5, 5.41) is 9.54. The molecule has 1 aromatic rings. The van der Waals surface area contributed by atoms with Crippen LogP contribution in [0.25, 0.3) is 0 Å². The molecule has 1 atom stereocenters. The van der Waals surface area contributed by atoms with E-state index in [1.54, 1.807) is 18.3 Å². The number of ether oxygens (including phenoxy) is 1. The fourth-order valence-electron chi connectivity index (χ4n) is 4.34. The van der Waals surface area contributed by atoms with Crippen molar-refractivity contribution in [2.45, 2.75) is 38.6 Å². The number of pyridine rings is 1. The topological polar surface area (TPSA) is 83.0 Å². The monoisotopic (exact) mass is 361 g/mol. The van der Waals surface area contributed by atoms with Gasteiger partial charge in [0.05, 0.1) is 7.11 Å². The second kappa shape index (κ2) is 7.61. The molecule has 26 heavy (non-hydrogen) atoms. The molecule has 142 valence electrons. The Labute approximate surface area is 153 Å². The number of likely N-dealkylation sites (tertiary alicyclic amines) is 2. The van der Waals surface area contributed by atoms with Crippen molar-refractivity contribution in [2.24, 2.45) is 5.41 Å². The van der Waals surface area contributed by atoms with Gasteiger partial charge in [0, 0.05) is 25.8 Å². The van der Waals surface area contributed by atoms with Crippen LogP contribution in [0.3, 0.4) is 0 Å². The Hall–Kier alpha value is -2.15. The number of piperidine rings is 1. The van der Waals surface area contributed by atoms with Crippen molar-refractivity contribution in [2.75, 3.05) is 33.3 Å². The van der Waals surface area contributed by atoms with Crippen molar-refractivity contribution in [3.63, 3.8) is 0 Å². The lowest BCUT2D eigenvalue weighted by Crippen LogP contribution is -2.44. The minimum absolute atomic E-state index is 0.00797. The Balaban J connectivity index is 1.67. The number of carboxylic acid groups (broad SMARTS) is 1. The van der Waals surface area contributed by atoms with E-state index in [2.05, 4.69) is 16.8 Å². The van der Waals surface area contributed by atoms with Crippen LogP contribution in [0.2, 0.25) is 0 Å². The summed E-state index contributed by atoms with van der Waals surface area (Å²) < 4.78 is 5.20. The van der Waals surface area contributed by atoms with Gasteiger partial charge < -0.3 is 14.7 Å². The maximum absolute atomic E-state index is 12.8. The summed E-state index contributed by atoms with van der Waals surface area (Å²) in [6, 6.07) is 3.08. The molecular weight excluding hydrogens is 334 g/mol. The van der Waals surface area contributed by atoms with Gasteiger partial charge in [0.15, 0.2) is 0 Å². The molecule has 1 aromatic heterocycles. The first-order valence-corrected chi connectivity index (χ1v) is 9.25. The highest BCUT2D eigenvalue weighted by atomic mass is 16.5. The molecule has 1 unspecified atom stereocenters. The first-order valence-electron chi connectivity index (χ1n) is 9.25. The van der Waals surface area contributed by atoms with Crippen LogP contribution in [0.5, 0.6) is 5.88 Å². The molecule has 0 aromatic carbocycles. The highest BCUT2D eigenvalue weighted by molar-refractivity contribution is 5.96. The van der Waals surface area contributed by atoms with Crippen molar-refractivity contribution in [3.8, 4) is 5.88 Å². The molecule has 2 saturated heterocycles. The number of rotatable bonds is 5. The van der Waals surface area contributed by atoms with Crippen LogP contribution in [0, 0.1) is 5.41 Å². The van der Waals surface area contributed by atoms with Crippen LogP contribution in [0.4, 0.5) is 0 Å². The smallest absolute Gasteiger partial charge is 0.320 e. The third-order valence-electron chi connectivity index (χ3n) is 5.71. The van der Waals surface area contributed by atoms with Gasteiger partial charge in [-0.15, -0.1) is 0 Å². The molecule has 1 amide bonds. The van der Waals surface area contributed by atoms with Crippen molar-refractivity contribution in [1.29, 1.82) is 0 Å². The molecule has 2 aliphatic heterocycles. The van der Waals surface area contributed by atoms with E-state index < -0.39 is 12.0 Å². The molecule has 3 heterocycles. The van der Waals surface area contributed by atoms with Crippen LogP contribution < -0.4 is 4.74 Å². The van der Waals surface area contributed by atoms with Gasteiger partial charge in [0.25, 0.3) is 5.91 Å². The summed E-state index contributed by atoms with van der Waals surface area (Å²) in [6.07, 6.45) is 4.91. The van der Waals surface area contributed by atoms with Gasteiger partial charge in [-0.05, 0) is 49.8 Å². The summed E-state index contributed by atoms with van der Waals surface area (Å²) in [5.41, 5.74) is 0.488. The zero-order valence-electron chi connectivity index (χ0n) is 15.5. The zero-order valence-corrected chi connectivity index (χ0v) is 15.5. The average molecular weight is 361 g/mol. The lowest BCUT2D eigenvalue weighted by molar-refractivity contribution is -0.142. The number of methoxy groups -OCH3 is 1. The summed E-state index contributed by atoms with van der Waals surface area (Å²) in [5.74, 6) is -0.448. The van der Waals surface area contributed by atoms with E-state index in [4.69, 9.17) is 4.74 Å². The number of aliphatic carboxylic acids is 1. The quantitative estimate of drug-likeness (QED) is 0.862. The molecule has 1 spiro atoms. The Kier molecular flexibility index (Phi) is 5.46. The van der Waals surface area contributed by atoms with Crippen LogP contribution in [-0.4, -0.2) is 71.1 Å². The van der Waals surface area contributed by atoms with Crippen molar-refractivity contribution in [1.82, 2.24) is 14.8 Å². The molecule has 3 rings (SSSR count). The molecule has 0 radical (unpaired) electrons. The molecule has 2 fully saturated rings. The number of amides is 1. The van der Waals surface area contributed by atoms with Gasteiger partial charge in [-0.3, -0.25) is 14.5 Å². The summed E-state index contributed by atoms with van der Waals surface area (Å²) in [7, 11) is 1.51. The highest BCUT2D eigenvalue weighted by Gasteiger charge is 2.48.